The second-order valence-electron chi connectivity index (χ2n) is 2.87. The molecule has 0 aliphatic heterocycles. The van der Waals surface area contributed by atoms with Crippen LogP contribution in [0.15, 0.2) is 17.5 Å². The van der Waals surface area contributed by atoms with Crippen molar-refractivity contribution in [3.63, 3.8) is 0 Å². The van der Waals surface area contributed by atoms with Crippen LogP contribution in [0.3, 0.4) is 0 Å². The van der Waals surface area contributed by atoms with E-state index in [4.69, 9.17) is 5.11 Å². The molecule has 1 aromatic rings. The van der Waals surface area contributed by atoms with Crippen LogP contribution in [0.25, 0.3) is 0 Å². The highest BCUT2D eigenvalue weighted by Crippen LogP contribution is 2.07. The second-order valence-corrected chi connectivity index (χ2v) is 3.82. The number of aliphatic carboxylic acids is 1. The van der Waals surface area contributed by atoms with Gasteiger partial charge in [0, 0.05) is 0 Å². The highest BCUT2D eigenvalue weighted by Gasteiger charge is 2.08. The van der Waals surface area contributed by atoms with Crippen molar-refractivity contribution in [3.05, 3.63) is 22.4 Å². The molecular weight excluding hydrogens is 248 g/mol. The lowest BCUT2D eigenvalue weighted by atomic mass is 10.4. The first-order valence-corrected chi connectivity index (χ1v) is 5.41. The number of carbonyl (C=O) groups excluding carboxylic acids is 2. The third kappa shape index (κ3) is 5.09. The Morgan fingerprint density at radius 2 is 2.18 bits per heavy atom. The maximum Gasteiger partial charge on any atom is 0.332 e. The molecular formula is C9H10N2O5S. The van der Waals surface area contributed by atoms with Crippen molar-refractivity contribution >= 4 is 29.1 Å². The normalized spacial score (nSPS) is 9.65. The summed E-state index contributed by atoms with van der Waals surface area (Å²) >= 11 is 1.25. The zero-order valence-electron chi connectivity index (χ0n) is 8.63. The maximum absolute atomic E-state index is 11.4. The fourth-order valence-corrected chi connectivity index (χ4v) is 1.51. The van der Waals surface area contributed by atoms with E-state index in [2.05, 4.69) is 10.2 Å². The van der Waals surface area contributed by atoms with E-state index in [1.165, 1.54) is 11.3 Å². The molecule has 0 aliphatic carbocycles. The highest BCUT2D eigenvalue weighted by atomic mass is 32.1. The fraction of sp³-hybridized carbons (Fsp3) is 0.222. The molecule has 92 valence electrons. The average Bonchev–Trinajstić information content (AvgIpc) is 2.78. The fourth-order valence-electron chi connectivity index (χ4n) is 0.870. The molecule has 7 nitrogen and oxygen atoms in total. The summed E-state index contributed by atoms with van der Waals surface area (Å²) in [6.07, 6.45) is 0. The minimum absolute atomic E-state index is 0.281. The van der Waals surface area contributed by atoms with Gasteiger partial charge in [-0.15, -0.1) is 11.3 Å². The summed E-state index contributed by atoms with van der Waals surface area (Å²) in [7, 11) is 0. The van der Waals surface area contributed by atoms with E-state index in [-0.39, 0.29) is 12.5 Å². The van der Waals surface area contributed by atoms with Gasteiger partial charge in [-0.2, -0.15) is 0 Å². The molecule has 0 fully saturated rings. The summed E-state index contributed by atoms with van der Waals surface area (Å²) in [5, 5.41) is 12.3. The van der Waals surface area contributed by atoms with E-state index < -0.39 is 18.5 Å². The largest absolute Gasteiger partial charge is 0.479 e. The molecule has 0 aromatic carbocycles. The Kier molecular flexibility index (Phi) is 5.11. The Balaban J connectivity index is 2.20. The van der Waals surface area contributed by atoms with Gasteiger partial charge >= 0.3 is 5.97 Å². The van der Waals surface area contributed by atoms with Gasteiger partial charge in [0.15, 0.2) is 6.61 Å². The number of rotatable bonds is 6. The molecule has 17 heavy (non-hydrogen) atoms. The van der Waals surface area contributed by atoms with Crippen LogP contribution in [0.4, 0.5) is 0 Å². The first kappa shape index (κ1) is 13.1. The first-order chi connectivity index (χ1) is 8.09. The molecule has 0 unspecified atom stereocenters. The highest BCUT2D eigenvalue weighted by molar-refractivity contribution is 7.12. The Labute approximate surface area is 100 Å². The number of carbonyl (C=O) groups is 3. The van der Waals surface area contributed by atoms with Gasteiger partial charge in [0.2, 0.25) is 0 Å². The quantitative estimate of drug-likeness (QED) is 0.603. The van der Waals surface area contributed by atoms with Crippen molar-refractivity contribution in [2.24, 2.45) is 0 Å². The molecule has 1 aromatic heterocycles. The minimum atomic E-state index is -1.20. The standard InChI is InChI=1S/C9H10N2O5S/c12-7(11-16-5-8(13)14)4-10-9(15)6-2-1-3-17-6/h1-3H,4-5H2,(H,10,15)(H,11,12)(H,13,14). The van der Waals surface area contributed by atoms with E-state index in [0.29, 0.717) is 4.88 Å². The second kappa shape index (κ2) is 6.61. The monoisotopic (exact) mass is 258 g/mol. The molecule has 3 N–H and O–H groups in total. The zero-order chi connectivity index (χ0) is 12.7. The van der Waals surface area contributed by atoms with Crippen LogP contribution in [0.1, 0.15) is 9.67 Å². The molecule has 0 bridgehead atoms. The lowest BCUT2D eigenvalue weighted by molar-refractivity contribution is -0.148. The lowest BCUT2D eigenvalue weighted by Gasteiger charge is -2.04. The summed E-state index contributed by atoms with van der Waals surface area (Å²) < 4.78 is 0. The van der Waals surface area contributed by atoms with Crippen molar-refractivity contribution in [2.45, 2.75) is 0 Å². The van der Waals surface area contributed by atoms with E-state index in [0.717, 1.165) is 0 Å². The molecule has 8 heteroatoms. The molecule has 0 spiro atoms. The number of hydrogen-bond acceptors (Lipinski definition) is 5. The van der Waals surface area contributed by atoms with Crippen molar-refractivity contribution in [2.75, 3.05) is 13.2 Å². The number of thiophene rings is 1. The number of hydrogen-bond donors (Lipinski definition) is 3. The van der Waals surface area contributed by atoms with Gasteiger partial charge in [-0.3, -0.25) is 14.4 Å². The van der Waals surface area contributed by atoms with E-state index in [1.807, 2.05) is 5.48 Å². The van der Waals surface area contributed by atoms with Crippen molar-refractivity contribution in [1.82, 2.24) is 10.8 Å². The van der Waals surface area contributed by atoms with Crippen LogP contribution in [-0.4, -0.2) is 36.0 Å². The minimum Gasteiger partial charge on any atom is -0.479 e. The van der Waals surface area contributed by atoms with E-state index in [1.54, 1.807) is 17.5 Å². The van der Waals surface area contributed by atoms with Crippen LogP contribution < -0.4 is 10.8 Å². The van der Waals surface area contributed by atoms with Gasteiger partial charge in [-0.1, -0.05) is 6.07 Å². The predicted molar refractivity (Wildman–Crippen MR) is 58.4 cm³/mol. The van der Waals surface area contributed by atoms with Gasteiger partial charge in [0.1, 0.15) is 0 Å². The van der Waals surface area contributed by atoms with Crippen molar-refractivity contribution in [3.8, 4) is 0 Å². The molecule has 0 saturated carbocycles. The Morgan fingerprint density at radius 1 is 1.41 bits per heavy atom. The van der Waals surface area contributed by atoms with Gasteiger partial charge in [0.05, 0.1) is 11.4 Å². The van der Waals surface area contributed by atoms with Gasteiger partial charge < -0.3 is 10.4 Å². The average molecular weight is 258 g/mol. The Morgan fingerprint density at radius 3 is 2.76 bits per heavy atom. The number of carboxylic acid groups (broad SMARTS) is 1. The van der Waals surface area contributed by atoms with Crippen LogP contribution in [-0.2, 0) is 14.4 Å². The van der Waals surface area contributed by atoms with Gasteiger partial charge in [-0.25, -0.2) is 10.3 Å². The summed E-state index contributed by atoms with van der Waals surface area (Å²) in [5.41, 5.74) is 1.88. The summed E-state index contributed by atoms with van der Waals surface area (Å²) in [4.78, 5) is 37.3. The van der Waals surface area contributed by atoms with Crippen LogP contribution in [0.2, 0.25) is 0 Å². The number of amides is 2. The number of nitrogens with one attached hydrogen (secondary N) is 2. The topological polar surface area (TPSA) is 105 Å². The van der Waals surface area contributed by atoms with Crippen molar-refractivity contribution < 1.29 is 24.3 Å². The zero-order valence-corrected chi connectivity index (χ0v) is 9.45. The molecule has 0 radical (unpaired) electrons. The number of hydroxylamine groups is 1. The SMILES string of the molecule is O=C(O)CONC(=O)CNC(=O)c1cccs1. The number of carboxylic acids is 1. The molecule has 0 atom stereocenters. The van der Waals surface area contributed by atoms with Gasteiger partial charge in [-0.05, 0) is 11.4 Å². The van der Waals surface area contributed by atoms with Crippen molar-refractivity contribution in [1.29, 1.82) is 0 Å². The summed E-state index contributed by atoms with van der Waals surface area (Å²) in [5.74, 6) is -2.20. The Hall–Kier alpha value is -1.93. The van der Waals surface area contributed by atoms with Crippen LogP contribution in [0.5, 0.6) is 0 Å². The third-order valence-corrected chi connectivity index (χ3v) is 2.40. The smallest absolute Gasteiger partial charge is 0.332 e. The molecule has 1 rings (SSSR count). The Bertz CT molecular complexity index is 404. The van der Waals surface area contributed by atoms with E-state index in [9.17, 15) is 14.4 Å². The van der Waals surface area contributed by atoms with Crippen LogP contribution in [0, 0.1) is 0 Å². The summed E-state index contributed by atoms with van der Waals surface area (Å²) in [6, 6.07) is 3.34. The molecule has 0 aliphatic rings. The molecule has 0 saturated heterocycles. The maximum atomic E-state index is 11.4. The molecule has 2 amide bonds. The first-order valence-electron chi connectivity index (χ1n) is 4.53. The predicted octanol–water partition coefficient (Wildman–Crippen LogP) is -0.390. The molecule has 1 heterocycles. The van der Waals surface area contributed by atoms with Gasteiger partial charge in [0.25, 0.3) is 11.8 Å². The van der Waals surface area contributed by atoms with E-state index >= 15 is 0 Å². The van der Waals surface area contributed by atoms with Crippen LogP contribution >= 0.6 is 11.3 Å². The lowest BCUT2D eigenvalue weighted by Crippen LogP contribution is -2.37. The third-order valence-electron chi connectivity index (χ3n) is 1.54. The summed E-state index contributed by atoms with van der Waals surface area (Å²) in [6.45, 7) is -0.916.